The zero-order chi connectivity index (χ0) is 16.4. The fraction of sp³-hybridized carbons (Fsp3) is 0.533. The molecule has 0 saturated carbocycles. The Hall–Kier alpha value is -1.38. The number of esters is 1. The van der Waals surface area contributed by atoms with Crippen LogP contribution in [0.15, 0.2) is 17.1 Å². The first-order valence-electron chi connectivity index (χ1n) is 7.27. The molecule has 1 atom stereocenters. The quantitative estimate of drug-likeness (QED) is 0.426. The molecular formula is C15H20IN3O3. The van der Waals surface area contributed by atoms with Crippen LogP contribution in [0.3, 0.4) is 0 Å². The molecule has 2 aromatic heterocycles. The number of aromatic nitrogens is 3. The van der Waals surface area contributed by atoms with E-state index in [1.807, 2.05) is 30.5 Å². The van der Waals surface area contributed by atoms with Gasteiger partial charge in [-0.1, -0.05) is 36.4 Å². The van der Waals surface area contributed by atoms with Gasteiger partial charge in [-0.2, -0.15) is 5.10 Å². The van der Waals surface area contributed by atoms with Gasteiger partial charge in [-0.15, -0.1) is 0 Å². The molecule has 6 nitrogen and oxygen atoms in total. The van der Waals surface area contributed by atoms with E-state index in [0.29, 0.717) is 5.52 Å². The Morgan fingerprint density at radius 3 is 2.64 bits per heavy atom. The molecule has 0 amide bonds. The van der Waals surface area contributed by atoms with Crippen LogP contribution < -0.4 is 5.56 Å². The summed E-state index contributed by atoms with van der Waals surface area (Å²) in [5.41, 5.74) is 1.33. The van der Waals surface area contributed by atoms with Gasteiger partial charge < -0.3 is 4.74 Å². The minimum absolute atomic E-state index is 0.126. The molecule has 7 heteroatoms. The summed E-state index contributed by atoms with van der Waals surface area (Å²) in [6.07, 6.45) is 1.95. The van der Waals surface area contributed by atoms with Gasteiger partial charge in [-0.05, 0) is 25.5 Å². The van der Waals surface area contributed by atoms with E-state index in [0.717, 1.165) is 11.4 Å². The lowest BCUT2D eigenvalue weighted by molar-refractivity contribution is -0.144. The lowest BCUT2D eigenvalue weighted by atomic mass is 10.2. The molecule has 0 saturated heterocycles. The average Bonchev–Trinajstić information content (AvgIpc) is 2.87. The molecule has 2 heterocycles. The summed E-state index contributed by atoms with van der Waals surface area (Å²) in [5, 5.41) is 4.36. The highest BCUT2D eigenvalue weighted by molar-refractivity contribution is 14.1. The van der Waals surface area contributed by atoms with E-state index in [1.54, 1.807) is 6.92 Å². The second-order valence-corrected chi connectivity index (χ2v) is 7.29. The third kappa shape index (κ3) is 3.34. The Morgan fingerprint density at radius 2 is 2.09 bits per heavy atom. The van der Waals surface area contributed by atoms with Gasteiger partial charge in [-0.25, -0.2) is 4.68 Å². The number of carbonyl (C=O) groups is 1. The SMILES string of the molecule is CCOC(=O)Cn1nc(C(C)C)n2cc(C(C)I)cc2c1=O. The van der Waals surface area contributed by atoms with E-state index in [9.17, 15) is 9.59 Å². The molecule has 0 radical (unpaired) electrons. The molecule has 2 aromatic rings. The van der Waals surface area contributed by atoms with Crippen molar-refractivity contribution in [3.05, 3.63) is 34.0 Å². The van der Waals surface area contributed by atoms with E-state index in [1.165, 1.54) is 4.68 Å². The Balaban J connectivity index is 2.61. The maximum atomic E-state index is 12.5. The number of alkyl halides is 1. The van der Waals surface area contributed by atoms with Crippen LogP contribution in [0, 0.1) is 0 Å². The maximum Gasteiger partial charge on any atom is 0.327 e. The zero-order valence-corrected chi connectivity index (χ0v) is 15.3. The van der Waals surface area contributed by atoms with Gasteiger partial charge >= 0.3 is 5.97 Å². The number of rotatable bonds is 5. The van der Waals surface area contributed by atoms with Gasteiger partial charge in [0.25, 0.3) is 5.56 Å². The number of nitrogens with zero attached hydrogens (tertiary/aromatic N) is 3. The smallest absolute Gasteiger partial charge is 0.327 e. The highest BCUT2D eigenvalue weighted by Gasteiger charge is 2.17. The van der Waals surface area contributed by atoms with Crippen molar-refractivity contribution in [3.63, 3.8) is 0 Å². The normalized spacial score (nSPS) is 12.8. The predicted molar refractivity (Wildman–Crippen MR) is 92.6 cm³/mol. The van der Waals surface area contributed by atoms with Crippen molar-refractivity contribution in [2.24, 2.45) is 0 Å². The summed E-state index contributed by atoms with van der Waals surface area (Å²) in [7, 11) is 0. The van der Waals surface area contributed by atoms with Crippen molar-refractivity contribution >= 4 is 34.1 Å². The summed E-state index contributed by atoms with van der Waals surface area (Å²) >= 11 is 2.31. The third-order valence-electron chi connectivity index (χ3n) is 3.32. The van der Waals surface area contributed by atoms with Gasteiger partial charge in [0.05, 0.1) is 6.61 Å². The zero-order valence-electron chi connectivity index (χ0n) is 13.2. The number of carbonyl (C=O) groups excluding carboxylic acids is 1. The molecule has 120 valence electrons. The van der Waals surface area contributed by atoms with E-state index in [-0.39, 0.29) is 28.6 Å². The van der Waals surface area contributed by atoms with Crippen molar-refractivity contribution in [1.29, 1.82) is 0 Å². The molecule has 2 rings (SSSR count). The Morgan fingerprint density at radius 1 is 1.41 bits per heavy atom. The number of halogens is 1. The van der Waals surface area contributed by atoms with Gasteiger partial charge in [-0.3, -0.25) is 14.0 Å². The predicted octanol–water partition coefficient (Wildman–Crippen LogP) is 2.68. The first-order chi connectivity index (χ1) is 10.3. The number of hydrogen-bond acceptors (Lipinski definition) is 4. The van der Waals surface area contributed by atoms with Gasteiger partial charge in [0, 0.05) is 16.0 Å². The highest BCUT2D eigenvalue weighted by atomic mass is 127. The molecule has 0 aromatic carbocycles. The molecule has 0 spiro atoms. The van der Waals surface area contributed by atoms with Crippen LogP contribution in [-0.4, -0.2) is 26.8 Å². The van der Waals surface area contributed by atoms with E-state index in [4.69, 9.17) is 4.74 Å². The Labute approximate surface area is 142 Å². The van der Waals surface area contributed by atoms with Crippen molar-refractivity contribution in [2.45, 2.75) is 44.1 Å². The van der Waals surface area contributed by atoms with Crippen molar-refractivity contribution < 1.29 is 9.53 Å². The highest BCUT2D eigenvalue weighted by Crippen LogP contribution is 2.25. The monoisotopic (exact) mass is 417 g/mol. The van der Waals surface area contributed by atoms with Crippen LogP contribution in [0.4, 0.5) is 0 Å². The molecule has 0 bridgehead atoms. The van der Waals surface area contributed by atoms with Crippen LogP contribution in [0.2, 0.25) is 0 Å². The molecule has 0 aliphatic carbocycles. The van der Waals surface area contributed by atoms with Gasteiger partial charge in [0.2, 0.25) is 0 Å². The Kier molecular flexibility index (Phi) is 5.25. The van der Waals surface area contributed by atoms with Gasteiger partial charge in [0.15, 0.2) is 0 Å². The Bertz CT molecular complexity index is 746. The molecule has 1 unspecified atom stereocenters. The number of fused-ring (bicyclic) bond motifs is 1. The molecule has 0 N–H and O–H groups in total. The van der Waals surface area contributed by atoms with Crippen molar-refractivity contribution in [1.82, 2.24) is 14.2 Å². The van der Waals surface area contributed by atoms with Crippen LogP contribution >= 0.6 is 22.6 Å². The number of ether oxygens (including phenoxy) is 1. The standard InChI is InChI=1S/C15H20IN3O3/c1-5-22-13(20)8-19-15(21)12-6-11(10(4)16)7-18(12)14(17-19)9(2)3/h6-7,9-10H,5,8H2,1-4H3. The van der Waals surface area contributed by atoms with E-state index < -0.39 is 5.97 Å². The fourth-order valence-corrected chi connectivity index (χ4v) is 2.57. The summed E-state index contributed by atoms with van der Waals surface area (Å²) in [6, 6.07) is 1.87. The van der Waals surface area contributed by atoms with Gasteiger partial charge in [0.1, 0.15) is 17.9 Å². The first kappa shape index (κ1) is 17.0. The second-order valence-electron chi connectivity index (χ2n) is 5.43. The summed E-state index contributed by atoms with van der Waals surface area (Å²) < 4.78 is 8.23. The van der Waals surface area contributed by atoms with E-state index >= 15 is 0 Å². The lowest BCUT2D eigenvalue weighted by Crippen LogP contribution is -2.30. The fourth-order valence-electron chi connectivity index (χ4n) is 2.23. The minimum Gasteiger partial charge on any atom is -0.465 e. The first-order valence-corrected chi connectivity index (χ1v) is 8.52. The van der Waals surface area contributed by atoms with Crippen LogP contribution in [0.1, 0.15) is 48.9 Å². The lowest BCUT2D eigenvalue weighted by Gasteiger charge is -2.12. The van der Waals surface area contributed by atoms with Crippen molar-refractivity contribution in [3.8, 4) is 0 Å². The second kappa shape index (κ2) is 6.80. The van der Waals surface area contributed by atoms with Crippen LogP contribution in [-0.2, 0) is 16.1 Å². The third-order valence-corrected chi connectivity index (χ3v) is 4.04. The topological polar surface area (TPSA) is 65.6 Å². The molecule has 0 aliphatic rings. The average molecular weight is 417 g/mol. The molecule has 0 fully saturated rings. The van der Waals surface area contributed by atoms with Crippen molar-refractivity contribution in [2.75, 3.05) is 6.61 Å². The summed E-state index contributed by atoms with van der Waals surface area (Å²) in [6.45, 7) is 7.94. The number of hydrogen-bond donors (Lipinski definition) is 0. The maximum absolute atomic E-state index is 12.5. The van der Waals surface area contributed by atoms with E-state index in [2.05, 4.69) is 34.6 Å². The summed E-state index contributed by atoms with van der Waals surface area (Å²) in [4.78, 5) is 24.2. The van der Waals surface area contributed by atoms with Crippen LogP contribution in [0.25, 0.3) is 5.52 Å². The molecule has 0 aliphatic heterocycles. The summed E-state index contributed by atoms with van der Waals surface area (Å²) in [5.74, 6) is 0.425. The largest absolute Gasteiger partial charge is 0.465 e. The van der Waals surface area contributed by atoms with Crippen LogP contribution in [0.5, 0.6) is 0 Å². The minimum atomic E-state index is -0.454. The molecular weight excluding hydrogens is 397 g/mol. The molecule has 22 heavy (non-hydrogen) atoms.